The summed E-state index contributed by atoms with van der Waals surface area (Å²) in [5.41, 5.74) is 2.65. The van der Waals surface area contributed by atoms with Crippen molar-refractivity contribution in [3.05, 3.63) is 59.4 Å². The predicted molar refractivity (Wildman–Crippen MR) is 77.0 cm³/mol. The Morgan fingerprint density at radius 3 is 2.38 bits per heavy atom. The van der Waals surface area contributed by atoms with Crippen LogP contribution in [0.1, 0.15) is 11.1 Å². The van der Waals surface area contributed by atoms with Crippen molar-refractivity contribution in [2.24, 2.45) is 4.99 Å². The van der Waals surface area contributed by atoms with Gasteiger partial charge in [-0.15, -0.1) is 0 Å². The van der Waals surface area contributed by atoms with Gasteiger partial charge in [0.2, 0.25) is 0 Å². The molecule has 0 radical (unpaired) electrons. The number of hydrogen-bond donors (Lipinski definition) is 1. The summed E-state index contributed by atoms with van der Waals surface area (Å²) in [5, 5.41) is 0. The first-order chi connectivity index (χ1) is 9.93. The highest BCUT2D eigenvalue weighted by atomic mass is 32.2. The van der Waals surface area contributed by atoms with Crippen LogP contribution in [-0.4, -0.2) is 5.55 Å². The Hall–Kier alpha value is -1.82. The lowest BCUT2D eigenvalue weighted by molar-refractivity contribution is -0.137. The van der Waals surface area contributed by atoms with Crippen molar-refractivity contribution in [2.75, 3.05) is 0 Å². The summed E-state index contributed by atoms with van der Waals surface area (Å²) in [6.45, 7) is 0. The molecule has 0 aliphatic carbocycles. The minimum absolute atomic E-state index is 0.320. The molecular formula is C15H11F4NS. The lowest BCUT2D eigenvalue weighted by atomic mass is 10.1. The van der Waals surface area contributed by atoms with Gasteiger partial charge in [-0.25, -0.2) is 4.39 Å². The van der Waals surface area contributed by atoms with E-state index in [0.717, 1.165) is 28.3 Å². The fraction of sp³-hybridized carbons (Fsp3) is 0.133. The average molecular weight is 313 g/mol. The highest BCUT2D eigenvalue weighted by Crippen LogP contribution is 2.48. The van der Waals surface area contributed by atoms with Crippen molar-refractivity contribution in [1.29, 1.82) is 0 Å². The maximum Gasteiger partial charge on any atom is 0.416 e. The summed E-state index contributed by atoms with van der Waals surface area (Å²) in [4.78, 5) is 5.07. The maximum atomic E-state index is 13.3. The fourth-order valence-corrected chi connectivity index (χ4v) is 4.11. The SMILES string of the molecule is Fc1ccc2c(c1)[SH](Cc1ccc(C(F)(F)F)cc1)C=N2. The van der Waals surface area contributed by atoms with Crippen LogP contribution in [0.2, 0.25) is 0 Å². The van der Waals surface area contributed by atoms with Gasteiger partial charge in [0.05, 0.1) is 11.3 Å². The molecule has 1 aliphatic heterocycles. The van der Waals surface area contributed by atoms with E-state index in [0.29, 0.717) is 5.75 Å². The lowest BCUT2D eigenvalue weighted by Crippen LogP contribution is -2.04. The van der Waals surface area contributed by atoms with Crippen LogP contribution in [0.4, 0.5) is 23.2 Å². The van der Waals surface area contributed by atoms with Gasteiger partial charge in [0.15, 0.2) is 0 Å². The van der Waals surface area contributed by atoms with E-state index >= 15 is 0 Å². The third-order valence-electron chi connectivity index (χ3n) is 3.22. The van der Waals surface area contributed by atoms with Crippen molar-refractivity contribution in [3.63, 3.8) is 0 Å². The minimum atomic E-state index is -4.32. The number of thiol groups is 1. The molecule has 1 nitrogen and oxygen atoms in total. The van der Waals surface area contributed by atoms with Gasteiger partial charge in [0.1, 0.15) is 5.82 Å². The number of halogens is 4. The number of aliphatic imine (C=N–C) groups is 1. The van der Waals surface area contributed by atoms with E-state index < -0.39 is 22.6 Å². The number of nitrogens with zero attached hydrogens (tertiary/aromatic N) is 1. The van der Waals surface area contributed by atoms with Crippen molar-refractivity contribution < 1.29 is 17.6 Å². The summed E-state index contributed by atoms with van der Waals surface area (Å²) in [5.74, 6) is 0.243. The van der Waals surface area contributed by atoms with E-state index in [1.165, 1.54) is 24.3 Å². The molecule has 21 heavy (non-hydrogen) atoms. The van der Waals surface area contributed by atoms with Gasteiger partial charge in [-0.05, 0) is 35.9 Å². The van der Waals surface area contributed by atoms with Gasteiger partial charge in [-0.2, -0.15) is 24.1 Å². The van der Waals surface area contributed by atoms with E-state index in [4.69, 9.17) is 0 Å². The third kappa shape index (κ3) is 2.95. The molecule has 3 rings (SSSR count). The quantitative estimate of drug-likeness (QED) is 0.586. The Morgan fingerprint density at radius 2 is 1.71 bits per heavy atom. The zero-order chi connectivity index (χ0) is 15.0. The summed E-state index contributed by atoms with van der Waals surface area (Å²) in [6.07, 6.45) is -4.32. The maximum absolute atomic E-state index is 13.3. The van der Waals surface area contributed by atoms with Crippen LogP contribution in [-0.2, 0) is 11.9 Å². The van der Waals surface area contributed by atoms with Gasteiger partial charge in [-0.1, -0.05) is 12.1 Å². The summed E-state index contributed by atoms with van der Waals surface area (Å²) >= 11 is 0. The van der Waals surface area contributed by atoms with Gasteiger partial charge >= 0.3 is 6.18 Å². The Morgan fingerprint density at radius 1 is 1.00 bits per heavy atom. The molecule has 0 saturated carbocycles. The predicted octanol–water partition coefficient (Wildman–Crippen LogP) is 5.08. The van der Waals surface area contributed by atoms with Crippen LogP contribution < -0.4 is 0 Å². The van der Waals surface area contributed by atoms with E-state index in [1.807, 2.05) is 0 Å². The first-order valence-electron chi connectivity index (χ1n) is 6.20. The Balaban J connectivity index is 1.80. The highest BCUT2D eigenvalue weighted by Gasteiger charge is 2.30. The molecule has 0 fully saturated rings. The first-order valence-corrected chi connectivity index (χ1v) is 7.79. The molecule has 1 aliphatic rings. The zero-order valence-electron chi connectivity index (χ0n) is 10.7. The minimum Gasteiger partial charge on any atom is -0.250 e. The molecule has 0 amide bonds. The molecular weight excluding hydrogens is 302 g/mol. The number of fused-ring (bicyclic) bond motifs is 1. The average Bonchev–Trinajstić information content (AvgIpc) is 2.81. The number of benzene rings is 2. The van der Waals surface area contributed by atoms with Crippen LogP contribution in [0.3, 0.4) is 0 Å². The second kappa shape index (κ2) is 5.18. The van der Waals surface area contributed by atoms with Crippen LogP contribution in [0, 0.1) is 5.82 Å². The molecule has 1 atom stereocenters. The van der Waals surface area contributed by atoms with E-state index in [1.54, 1.807) is 11.6 Å². The topological polar surface area (TPSA) is 12.4 Å². The molecule has 110 valence electrons. The van der Waals surface area contributed by atoms with Crippen LogP contribution >= 0.6 is 10.9 Å². The second-order valence-electron chi connectivity index (χ2n) is 4.70. The number of alkyl halides is 3. The number of rotatable bonds is 2. The van der Waals surface area contributed by atoms with E-state index in [2.05, 4.69) is 4.99 Å². The fourth-order valence-electron chi connectivity index (χ4n) is 2.15. The molecule has 0 N–H and O–H groups in total. The standard InChI is InChI=1S/C15H11F4NS/c16-12-5-6-13-14(7-12)21(9-20-13)8-10-1-3-11(4-2-10)15(17,18)19/h1-7,9,21H,8H2. The van der Waals surface area contributed by atoms with E-state index in [-0.39, 0.29) is 5.82 Å². The Labute approximate surface area is 121 Å². The largest absolute Gasteiger partial charge is 0.416 e. The molecule has 2 aromatic carbocycles. The van der Waals surface area contributed by atoms with Gasteiger partial charge < -0.3 is 0 Å². The number of hydrogen-bond acceptors (Lipinski definition) is 1. The molecule has 0 aromatic heterocycles. The monoisotopic (exact) mass is 313 g/mol. The lowest BCUT2D eigenvalue weighted by Gasteiger charge is -2.14. The molecule has 0 spiro atoms. The third-order valence-corrected chi connectivity index (χ3v) is 5.29. The van der Waals surface area contributed by atoms with Crippen LogP contribution in [0.15, 0.2) is 52.4 Å². The van der Waals surface area contributed by atoms with Gasteiger partial charge in [-0.3, -0.25) is 4.99 Å². The Bertz CT molecular complexity index is 692. The zero-order valence-corrected chi connectivity index (χ0v) is 11.6. The van der Waals surface area contributed by atoms with Crippen molar-refractivity contribution in [1.82, 2.24) is 0 Å². The summed E-state index contributed by atoms with van der Waals surface area (Å²) < 4.78 is 50.8. The van der Waals surface area contributed by atoms with Crippen molar-refractivity contribution in [3.8, 4) is 0 Å². The van der Waals surface area contributed by atoms with Gasteiger partial charge in [0.25, 0.3) is 0 Å². The highest BCUT2D eigenvalue weighted by molar-refractivity contribution is 8.28. The van der Waals surface area contributed by atoms with E-state index in [9.17, 15) is 17.6 Å². The first kappa shape index (κ1) is 14.1. The van der Waals surface area contributed by atoms with Crippen molar-refractivity contribution >= 4 is 22.1 Å². The van der Waals surface area contributed by atoms with Crippen molar-refractivity contribution in [2.45, 2.75) is 16.8 Å². The van der Waals surface area contributed by atoms with Gasteiger partial charge in [0, 0.05) is 16.2 Å². The van der Waals surface area contributed by atoms with Crippen LogP contribution in [0.5, 0.6) is 0 Å². The molecule has 1 unspecified atom stereocenters. The molecule has 6 heteroatoms. The molecule has 0 bridgehead atoms. The molecule has 1 heterocycles. The van der Waals surface area contributed by atoms with Crippen LogP contribution in [0.25, 0.3) is 0 Å². The smallest absolute Gasteiger partial charge is 0.250 e. The normalized spacial score (nSPS) is 18.8. The summed E-state index contributed by atoms with van der Waals surface area (Å²) in [7, 11) is -0.804. The molecule has 0 saturated heterocycles. The summed E-state index contributed by atoms with van der Waals surface area (Å²) in [6, 6.07) is 9.52. The Kier molecular flexibility index (Phi) is 3.49. The second-order valence-corrected chi connectivity index (χ2v) is 6.67. The molecule has 2 aromatic rings.